The number of rotatable bonds is 4. The Balaban J connectivity index is 0.00000220. The Morgan fingerprint density at radius 2 is 1.95 bits per heavy atom. The van der Waals surface area contributed by atoms with Gasteiger partial charge < -0.3 is 10.6 Å². The van der Waals surface area contributed by atoms with E-state index in [4.69, 9.17) is 5.73 Å². The van der Waals surface area contributed by atoms with E-state index in [0.717, 1.165) is 26.1 Å². The van der Waals surface area contributed by atoms with E-state index in [9.17, 15) is 4.79 Å². The van der Waals surface area contributed by atoms with E-state index in [-0.39, 0.29) is 37.3 Å². The topological polar surface area (TPSA) is 49.6 Å². The van der Waals surface area contributed by atoms with Gasteiger partial charge in [0.1, 0.15) is 0 Å². The average Bonchev–Trinajstić information content (AvgIpc) is 2.47. The molecule has 1 fully saturated rings. The van der Waals surface area contributed by atoms with Gasteiger partial charge in [0.15, 0.2) is 0 Å². The number of hydrogen-bond donors (Lipinski definition) is 1. The molecule has 0 bridgehead atoms. The highest BCUT2D eigenvalue weighted by Crippen LogP contribution is 2.22. The Morgan fingerprint density at radius 3 is 2.50 bits per heavy atom. The van der Waals surface area contributed by atoms with Crippen LogP contribution in [0, 0.1) is 5.92 Å². The molecule has 0 aliphatic carbocycles. The monoisotopic (exact) mass is 347 g/mol. The van der Waals surface area contributed by atoms with Gasteiger partial charge in [-0.2, -0.15) is 0 Å². The molecule has 4 nitrogen and oxygen atoms in total. The standard InChI is InChI=1S/C16H25N3O.2ClH/c1-13-11-19(12-14-6-4-3-5-7-14)9-8-15(13)18(2)16(20)10-17;;/h3-7,13,15H,8-12,17H2,1-2H3;2*1H. The molecular formula is C16H27Cl2N3O. The predicted molar refractivity (Wildman–Crippen MR) is 95.6 cm³/mol. The van der Waals surface area contributed by atoms with Crippen molar-refractivity contribution in [2.45, 2.75) is 25.9 Å². The maximum absolute atomic E-state index is 11.7. The molecule has 22 heavy (non-hydrogen) atoms. The quantitative estimate of drug-likeness (QED) is 0.907. The van der Waals surface area contributed by atoms with E-state index < -0.39 is 0 Å². The molecule has 1 heterocycles. The maximum atomic E-state index is 11.7. The highest BCUT2D eigenvalue weighted by molar-refractivity contribution is 5.85. The van der Waals surface area contributed by atoms with Crippen molar-refractivity contribution >= 4 is 30.7 Å². The molecule has 2 atom stereocenters. The molecule has 1 aromatic rings. The summed E-state index contributed by atoms with van der Waals surface area (Å²) in [6, 6.07) is 10.9. The zero-order valence-corrected chi connectivity index (χ0v) is 14.9. The molecule has 0 spiro atoms. The van der Waals surface area contributed by atoms with Crippen LogP contribution < -0.4 is 5.73 Å². The minimum absolute atomic E-state index is 0. The molecule has 1 aliphatic heterocycles. The van der Waals surface area contributed by atoms with Crippen LogP contribution >= 0.6 is 24.8 Å². The van der Waals surface area contributed by atoms with Crippen LogP contribution in [0.15, 0.2) is 30.3 Å². The number of hydrogen-bond acceptors (Lipinski definition) is 3. The molecule has 0 aromatic heterocycles. The summed E-state index contributed by atoms with van der Waals surface area (Å²) in [5.74, 6) is 0.520. The van der Waals surface area contributed by atoms with Gasteiger partial charge in [-0.1, -0.05) is 37.3 Å². The van der Waals surface area contributed by atoms with Gasteiger partial charge in [0.25, 0.3) is 0 Å². The Kier molecular flexibility index (Phi) is 9.69. The van der Waals surface area contributed by atoms with Crippen molar-refractivity contribution in [3.8, 4) is 0 Å². The summed E-state index contributed by atoms with van der Waals surface area (Å²) in [6.45, 7) is 5.38. The van der Waals surface area contributed by atoms with E-state index in [0.29, 0.717) is 12.0 Å². The molecule has 1 saturated heterocycles. The normalized spacial score (nSPS) is 21.4. The van der Waals surface area contributed by atoms with Crippen molar-refractivity contribution in [2.24, 2.45) is 11.7 Å². The van der Waals surface area contributed by atoms with Crippen LogP contribution in [0.25, 0.3) is 0 Å². The van der Waals surface area contributed by atoms with E-state index in [1.54, 1.807) is 0 Å². The summed E-state index contributed by atoms with van der Waals surface area (Å²) in [5.41, 5.74) is 6.80. The number of amides is 1. The van der Waals surface area contributed by atoms with Crippen molar-refractivity contribution in [1.82, 2.24) is 9.80 Å². The Labute approximate surface area is 145 Å². The van der Waals surface area contributed by atoms with Crippen molar-refractivity contribution in [2.75, 3.05) is 26.7 Å². The minimum atomic E-state index is 0. The lowest BCUT2D eigenvalue weighted by atomic mass is 9.92. The van der Waals surface area contributed by atoms with Crippen LogP contribution in [0.5, 0.6) is 0 Å². The second-order valence-corrected chi connectivity index (χ2v) is 5.76. The molecule has 1 amide bonds. The number of nitrogens with zero attached hydrogens (tertiary/aromatic N) is 2. The molecule has 0 radical (unpaired) electrons. The highest BCUT2D eigenvalue weighted by Gasteiger charge is 2.30. The fourth-order valence-corrected chi connectivity index (χ4v) is 3.11. The van der Waals surface area contributed by atoms with Gasteiger partial charge in [0.2, 0.25) is 5.91 Å². The molecule has 0 saturated carbocycles. The van der Waals surface area contributed by atoms with Crippen LogP contribution in [0.3, 0.4) is 0 Å². The summed E-state index contributed by atoms with van der Waals surface area (Å²) in [4.78, 5) is 16.0. The van der Waals surface area contributed by atoms with Crippen LogP contribution in [-0.4, -0.2) is 48.4 Å². The lowest BCUT2D eigenvalue weighted by molar-refractivity contribution is -0.132. The molecule has 126 valence electrons. The van der Waals surface area contributed by atoms with Gasteiger partial charge in [0, 0.05) is 32.7 Å². The van der Waals surface area contributed by atoms with Gasteiger partial charge in [-0.05, 0) is 17.9 Å². The van der Waals surface area contributed by atoms with E-state index in [1.807, 2.05) is 18.0 Å². The van der Waals surface area contributed by atoms with Crippen molar-refractivity contribution < 1.29 is 4.79 Å². The number of halogens is 2. The summed E-state index contributed by atoms with van der Waals surface area (Å²) < 4.78 is 0. The summed E-state index contributed by atoms with van der Waals surface area (Å²) in [5, 5.41) is 0. The van der Waals surface area contributed by atoms with E-state index >= 15 is 0 Å². The zero-order valence-electron chi connectivity index (χ0n) is 13.3. The molecule has 2 N–H and O–H groups in total. The molecule has 1 aromatic carbocycles. The van der Waals surface area contributed by atoms with Gasteiger partial charge >= 0.3 is 0 Å². The smallest absolute Gasteiger partial charge is 0.236 e. The van der Waals surface area contributed by atoms with E-state index in [1.165, 1.54) is 5.56 Å². The number of carbonyl (C=O) groups excluding carboxylic acids is 1. The number of likely N-dealkylation sites (N-methyl/N-ethyl adjacent to an activating group) is 1. The van der Waals surface area contributed by atoms with Crippen LogP contribution in [0.2, 0.25) is 0 Å². The Bertz CT molecular complexity index is 444. The fourth-order valence-electron chi connectivity index (χ4n) is 3.11. The molecule has 2 unspecified atom stereocenters. The molecular weight excluding hydrogens is 321 g/mol. The van der Waals surface area contributed by atoms with Crippen LogP contribution in [0.1, 0.15) is 18.9 Å². The Hall–Kier alpha value is -0.810. The molecule has 1 aliphatic rings. The first-order valence-corrected chi connectivity index (χ1v) is 7.34. The van der Waals surface area contributed by atoms with Crippen LogP contribution in [-0.2, 0) is 11.3 Å². The predicted octanol–water partition coefficient (Wildman–Crippen LogP) is 2.16. The van der Waals surface area contributed by atoms with Gasteiger partial charge in [0.05, 0.1) is 6.54 Å². The van der Waals surface area contributed by atoms with Gasteiger partial charge in [-0.25, -0.2) is 0 Å². The SMILES string of the molecule is CC1CN(Cc2ccccc2)CCC1N(C)C(=O)CN.Cl.Cl. The summed E-state index contributed by atoms with van der Waals surface area (Å²) >= 11 is 0. The fraction of sp³-hybridized carbons (Fsp3) is 0.562. The highest BCUT2D eigenvalue weighted by atomic mass is 35.5. The first-order valence-electron chi connectivity index (χ1n) is 7.34. The third-order valence-corrected chi connectivity index (χ3v) is 4.26. The number of carbonyl (C=O) groups is 1. The van der Waals surface area contributed by atoms with Crippen molar-refractivity contribution in [3.63, 3.8) is 0 Å². The number of piperidine rings is 1. The average molecular weight is 348 g/mol. The third kappa shape index (κ3) is 5.43. The number of benzene rings is 1. The van der Waals surface area contributed by atoms with Crippen molar-refractivity contribution in [3.05, 3.63) is 35.9 Å². The summed E-state index contributed by atoms with van der Waals surface area (Å²) in [6.07, 6.45) is 1.02. The van der Waals surface area contributed by atoms with Gasteiger partial charge in [-0.15, -0.1) is 24.8 Å². The number of likely N-dealkylation sites (tertiary alicyclic amines) is 1. The van der Waals surface area contributed by atoms with E-state index in [2.05, 4.69) is 36.1 Å². The minimum Gasteiger partial charge on any atom is -0.341 e. The number of nitrogens with two attached hydrogens (primary N) is 1. The largest absolute Gasteiger partial charge is 0.341 e. The zero-order chi connectivity index (χ0) is 14.5. The molecule has 6 heteroatoms. The summed E-state index contributed by atoms with van der Waals surface area (Å²) in [7, 11) is 1.88. The third-order valence-electron chi connectivity index (χ3n) is 4.26. The van der Waals surface area contributed by atoms with Crippen molar-refractivity contribution in [1.29, 1.82) is 0 Å². The van der Waals surface area contributed by atoms with Crippen LogP contribution in [0.4, 0.5) is 0 Å². The second-order valence-electron chi connectivity index (χ2n) is 5.76. The maximum Gasteiger partial charge on any atom is 0.236 e. The molecule has 2 rings (SSSR count). The Morgan fingerprint density at radius 1 is 1.32 bits per heavy atom. The second kappa shape index (κ2) is 10.1. The first-order chi connectivity index (χ1) is 9.61. The first kappa shape index (κ1) is 21.2. The lowest BCUT2D eigenvalue weighted by Gasteiger charge is -2.41. The van der Waals surface area contributed by atoms with Gasteiger partial charge in [-0.3, -0.25) is 9.69 Å². The lowest BCUT2D eigenvalue weighted by Crippen LogP contribution is -2.51.